The molecule has 0 fully saturated rings. The van der Waals surface area contributed by atoms with E-state index in [0.717, 1.165) is 5.56 Å². The molecule has 0 aliphatic rings. The first-order valence-corrected chi connectivity index (χ1v) is 9.09. The van der Waals surface area contributed by atoms with E-state index >= 15 is 0 Å². The van der Waals surface area contributed by atoms with Gasteiger partial charge in [-0.15, -0.1) is 0 Å². The zero-order valence-electron chi connectivity index (χ0n) is 15.7. The first-order chi connectivity index (χ1) is 12.5. The van der Waals surface area contributed by atoms with Gasteiger partial charge in [0.25, 0.3) is 0 Å². The number of benzene rings is 1. The molecule has 7 nitrogen and oxygen atoms in total. The van der Waals surface area contributed by atoms with Crippen molar-refractivity contribution in [2.75, 3.05) is 6.54 Å². The summed E-state index contributed by atoms with van der Waals surface area (Å²) >= 11 is 0. The third-order valence-electron chi connectivity index (χ3n) is 4.61. The van der Waals surface area contributed by atoms with Gasteiger partial charge in [0.05, 0.1) is 0 Å². The molecular formula is C18H30BN3O4. The number of nitrogens with one attached hydrogen (secondary N) is 2. The third kappa shape index (κ3) is 6.12. The fourth-order valence-corrected chi connectivity index (χ4v) is 2.82. The molecule has 1 aromatic carbocycles. The second kappa shape index (κ2) is 11.7. The number of carbonyl (C=O) groups is 2. The highest BCUT2D eigenvalue weighted by Gasteiger charge is 2.43. The number of amides is 2. The number of carbonyl (C=O) groups excluding carboxylic acids is 2. The lowest BCUT2D eigenvalue weighted by molar-refractivity contribution is -0.146. The summed E-state index contributed by atoms with van der Waals surface area (Å²) in [6.45, 7) is 4.43. The molecule has 0 radical (unpaired) electrons. The second-order valence-electron chi connectivity index (χ2n) is 6.15. The molecule has 0 aromatic heterocycles. The van der Waals surface area contributed by atoms with Gasteiger partial charge in [-0.3, -0.25) is 9.59 Å². The predicted octanol–water partition coefficient (Wildman–Crippen LogP) is 0.566. The van der Waals surface area contributed by atoms with Crippen molar-refractivity contribution in [2.45, 2.75) is 52.3 Å². The molecule has 0 aliphatic heterocycles. The Hall–Kier alpha value is -1.90. The van der Waals surface area contributed by atoms with E-state index in [9.17, 15) is 9.59 Å². The molecule has 26 heavy (non-hydrogen) atoms. The molecule has 1 aromatic rings. The summed E-state index contributed by atoms with van der Waals surface area (Å²) in [6.07, 6.45) is 1.15. The molecule has 0 bridgehead atoms. The van der Waals surface area contributed by atoms with Crippen molar-refractivity contribution in [2.24, 2.45) is 11.1 Å². The lowest BCUT2D eigenvalue weighted by atomic mass is 9.80. The minimum atomic E-state index is -1.19. The highest BCUT2D eigenvalue weighted by atomic mass is 16.5. The van der Waals surface area contributed by atoms with Gasteiger partial charge in [-0.05, 0) is 37.8 Å². The van der Waals surface area contributed by atoms with Crippen LogP contribution in [0.15, 0.2) is 30.3 Å². The molecule has 1 rings (SSSR count). The molecular weight excluding hydrogens is 333 g/mol. The first-order valence-electron chi connectivity index (χ1n) is 9.09. The van der Waals surface area contributed by atoms with Crippen LogP contribution in [0.5, 0.6) is 0 Å². The summed E-state index contributed by atoms with van der Waals surface area (Å²) in [7, 11) is -0.513. The highest BCUT2D eigenvalue weighted by molar-refractivity contribution is 6.16. The summed E-state index contributed by atoms with van der Waals surface area (Å²) in [4.78, 5) is 25.7. The minimum absolute atomic E-state index is 0.314. The Bertz CT molecular complexity index is 553. The molecule has 0 unspecified atom stereocenters. The van der Waals surface area contributed by atoms with Gasteiger partial charge in [0.1, 0.15) is 11.6 Å². The van der Waals surface area contributed by atoms with Crippen molar-refractivity contribution < 1.29 is 19.3 Å². The topological polar surface area (TPSA) is 114 Å². The molecule has 8 heteroatoms. The smallest absolute Gasteiger partial charge is 0.430 e. The number of hydrogen-bond donors (Lipinski definition) is 4. The van der Waals surface area contributed by atoms with Crippen LogP contribution >= 0.6 is 0 Å². The van der Waals surface area contributed by atoms with Gasteiger partial charge < -0.3 is 26.0 Å². The minimum Gasteiger partial charge on any atom is -0.430 e. The number of nitrogens with two attached hydrogens (primary N) is 1. The Kier molecular flexibility index (Phi) is 9.94. The van der Waals surface area contributed by atoms with E-state index in [-0.39, 0.29) is 5.91 Å². The number of hydrogen-bond acceptors (Lipinski definition) is 5. The zero-order valence-corrected chi connectivity index (χ0v) is 15.7. The molecule has 2 amide bonds. The van der Waals surface area contributed by atoms with E-state index in [4.69, 9.17) is 15.4 Å². The van der Waals surface area contributed by atoms with Crippen LogP contribution in [0.3, 0.4) is 0 Å². The van der Waals surface area contributed by atoms with Crippen molar-refractivity contribution in [3.8, 4) is 0 Å². The Labute approximate surface area is 156 Å². The van der Waals surface area contributed by atoms with E-state index in [1.807, 2.05) is 44.2 Å². The quantitative estimate of drug-likeness (QED) is 0.246. The normalized spacial score (nSPS) is 12.3. The third-order valence-corrected chi connectivity index (χ3v) is 4.61. The van der Waals surface area contributed by atoms with E-state index < -0.39 is 25.2 Å². The van der Waals surface area contributed by atoms with Gasteiger partial charge >= 0.3 is 7.69 Å². The Balaban J connectivity index is 2.81. The molecule has 1 atom stereocenters. The van der Waals surface area contributed by atoms with Crippen LogP contribution in [0.2, 0.25) is 0 Å². The van der Waals surface area contributed by atoms with Crippen LogP contribution in [0.1, 0.15) is 45.1 Å². The predicted molar refractivity (Wildman–Crippen MR) is 102 cm³/mol. The van der Waals surface area contributed by atoms with E-state index in [2.05, 4.69) is 10.6 Å². The maximum Gasteiger partial charge on any atom is 0.436 e. The lowest BCUT2D eigenvalue weighted by Gasteiger charge is -2.31. The molecule has 0 spiro atoms. The van der Waals surface area contributed by atoms with Crippen LogP contribution in [0.25, 0.3) is 0 Å². The van der Waals surface area contributed by atoms with Crippen molar-refractivity contribution in [1.29, 1.82) is 0 Å². The summed E-state index contributed by atoms with van der Waals surface area (Å²) in [6, 6.07) is 9.53. The van der Waals surface area contributed by atoms with E-state index in [1.54, 1.807) is 0 Å². The fraction of sp³-hybridized carbons (Fsp3) is 0.556. The maximum absolute atomic E-state index is 12.9. The molecule has 0 aliphatic carbocycles. The average molecular weight is 363 g/mol. The van der Waals surface area contributed by atoms with Crippen LogP contribution in [-0.4, -0.2) is 37.3 Å². The van der Waals surface area contributed by atoms with Crippen LogP contribution in [-0.2, 0) is 20.8 Å². The van der Waals surface area contributed by atoms with Crippen LogP contribution in [0, 0.1) is 5.41 Å². The van der Waals surface area contributed by atoms with Crippen molar-refractivity contribution in [3.63, 3.8) is 0 Å². The monoisotopic (exact) mass is 363 g/mol. The fourth-order valence-electron chi connectivity index (χ4n) is 2.82. The van der Waals surface area contributed by atoms with E-state index in [0.29, 0.717) is 38.8 Å². The van der Waals surface area contributed by atoms with Crippen molar-refractivity contribution >= 4 is 19.5 Å². The van der Waals surface area contributed by atoms with Gasteiger partial charge in [-0.25, -0.2) is 0 Å². The second-order valence-corrected chi connectivity index (χ2v) is 6.15. The summed E-state index contributed by atoms with van der Waals surface area (Å²) < 4.78 is 5.14. The van der Waals surface area contributed by atoms with Crippen LogP contribution in [0.4, 0.5) is 0 Å². The zero-order chi connectivity index (χ0) is 19.4. The Morgan fingerprint density at radius 1 is 1.23 bits per heavy atom. The van der Waals surface area contributed by atoms with Gasteiger partial charge in [-0.1, -0.05) is 44.2 Å². The SMILES string of the molecule is CCC(CC)(C(=O)NCc1ccccc1)C(=O)N[C@@H](CCCN)OBO. The van der Waals surface area contributed by atoms with Crippen molar-refractivity contribution in [1.82, 2.24) is 10.6 Å². The Morgan fingerprint density at radius 2 is 1.88 bits per heavy atom. The van der Waals surface area contributed by atoms with Gasteiger partial charge in [0.15, 0.2) is 0 Å². The summed E-state index contributed by atoms with van der Waals surface area (Å²) in [5.74, 6) is -0.714. The standard InChI is InChI=1S/C18H30BN3O4/c1-3-18(4-2,16(23)21-13-14-9-6-5-7-10-14)17(24)22-15(26-19-25)11-8-12-20/h5-7,9-10,15,19,25H,3-4,8,11-13,20H2,1-2H3,(H,21,23)(H,22,24)/t15-/m1/s1. The Morgan fingerprint density at radius 3 is 2.42 bits per heavy atom. The molecule has 144 valence electrons. The largest absolute Gasteiger partial charge is 0.436 e. The summed E-state index contributed by atoms with van der Waals surface area (Å²) in [5.41, 5.74) is 5.27. The summed E-state index contributed by atoms with van der Waals surface area (Å²) in [5, 5.41) is 14.6. The number of rotatable bonds is 12. The first kappa shape index (κ1) is 22.1. The van der Waals surface area contributed by atoms with Gasteiger partial charge in [-0.2, -0.15) is 0 Å². The maximum atomic E-state index is 12.9. The molecule has 0 heterocycles. The van der Waals surface area contributed by atoms with Crippen LogP contribution < -0.4 is 16.4 Å². The molecule has 5 N–H and O–H groups in total. The average Bonchev–Trinajstić information content (AvgIpc) is 2.66. The molecule has 0 saturated carbocycles. The highest BCUT2D eigenvalue weighted by Crippen LogP contribution is 2.27. The van der Waals surface area contributed by atoms with E-state index in [1.165, 1.54) is 0 Å². The van der Waals surface area contributed by atoms with Crippen molar-refractivity contribution in [3.05, 3.63) is 35.9 Å². The van der Waals surface area contributed by atoms with Gasteiger partial charge in [0.2, 0.25) is 11.8 Å². The molecule has 0 saturated heterocycles. The lowest BCUT2D eigenvalue weighted by Crippen LogP contribution is -2.53. The van der Waals surface area contributed by atoms with Gasteiger partial charge in [0, 0.05) is 6.54 Å².